The highest BCUT2D eigenvalue weighted by molar-refractivity contribution is 6.07. The maximum absolute atomic E-state index is 13.0. The molecule has 0 bridgehead atoms. The van der Waals surface area contributed by atoms with Crippen molar-refractivity contribution < 1.29 is 14.7 Å². The van der Waals surface area contributed by atoms with Crippen molar-refractivity contribution in [1.82, 2.24) is 10.2 Å². The van der Waals surface area contributed by atoms with Gasteiger partial charge in [0.15, 0.2) is 5.76 Å². The lowest BCUT2D eigenvalue weighted by Gasteiger charge is -2.29. The number of hydrogen-bond acceptors (Lipinski definition) is 3. The summed E-state index contributed by atoms with van der Waals surface area (Å²) in [4.78, 5) is 27.5. The molecule has 5 rings (SSSR count). The summed E-state index contributed by atoms with van der Waals surface area (Å²) in [5.74, 6) is -0.584. The molecular weight excluding hydrogens is 400 g/mol. The summed E-state index contributed by atoms with van der Waals surface area (Å²) < 4.78 is 0. The molecule has 3 aliphatic rings. The molecule has 2 aromatic carbocycles. The van der Waals surface area contributed by atoms with Gasteiger partial charge >= 0.3 is 0 Å². The van der Waals surface area contributed by atoms with Crippen LogP contribution in [0.1, 0.15) is 66.3 Å². The summed E-state index contributed by atoms with van der Waals surface area (Å²) in [5, 5.41) is 13.6. The van der Waals surface area contributed by atoms with Crippen LogP contribution < -0.4 is 5.32 Å². The number of carbonyl (C=O) groups is 2. The van der Waals surface area contributed by atoms with Gasteiger partial charge in [-0.25, -0.2) is 0 Å². The van der Waals surface area contributed by atoms with Crippen LogP contribution in [0.2, 0.25) is 0 Å². The van der Waals surface area contributed by atoms with Crippen molar-refractivity contribution in [2.45, 2.75) is 63.5 Å². The van der Waals surface area contributed by atoms with Crippen LogP contribution in [0.25, 0.3) is 0 Å². The molecule has 0 unspecified atom stereocenters. The fourth-order valence-electron chi connectivity index (χ4n) is 5.61. The summed E-state index contributed by atoms with van der Waals surface area (Å²) in [6.07, 6.45) is 5.62. The zero-order valence-electron chi connectivity index (χ0n) is 18.5. The second-order valence-electron chi connectivity index (χ2n) is 9.45. The predicted octanol–water partition coefficient (Wildman–Crippen LogP) is 4.48. The fraction of sp³-hybridized carbons (Fsp3) is 0.407. The molecule has 5 nitrogen and oxygen atoms in total. The van der Waals surface area contributed by atoms with Crippen LogP contribution in [0, 0.1) is 6.92 Å². The smallest absolute Gasteiger partial charge is 0.290 e. The lowest BCUT2D eigenvalue weighted by Crippen LogP contribution is -2.39. The van der Waals surface area contributed by atoms with Gasteiger partial charge < -0.3 is 15.3 Å². The zero-order valence-corrected chi connectivity index (χ0v) is 18.5. The normalized spacial score (nSPS) is 25.2. The number of aliphatic hydroxyl groups is 1. The Morgan fingerprint density at radius 3 is 2.53 bits per heavy atom. The van der Waals surface area contributed by atoms with Crippen LogP contribution in [0.15, 0.2) is 59.9 Å². The highest BCUT2D eigenvalue weighted by Gasteiger charge is 2.41. The monoisotopic (exact) mass is 430 g/mol. The van der Waals surface area contributed by atoms with Crippen molar-refractivity contribution in [2.24, 2.45) is 0 Å². The van der Waals surface area contributed by atoms with Crippen LogP contribution in [0.4, 0.5) is 0 Å². The van der Waals surface area contributed by atoms with Gasteiger partial charge in [-0.15, -0.1) is 0 Å². The standard InChI is InChI=1S/C27H30N2O3/c1-17-7-8-20-11-14-24(22(20)15-17)29-16-23(25(30)27(29)32)26(31)28-21-12-9-19(10-13-21)18-5-3-2-4-6-18/h2-8,15,19,21,24,30H,9-14,16H2,1H3,(H,28,31)/t19?,21?,24-/m0/s1. The van der Waals surface area contributed by atoms with Crippen molar-refractivity contribution in [2.75, 3.05) is 6.54 Å². The Hall–Kier alpha value is -3.08. The molecule has 1 aliphatic heterocycles. The number of nitrogens with zero attached hydrogens (tertiary/aromatic N) is 1. The van der Waals surface area contributed by atoms with Gasteiger partial charge in [0, 0.05) is 6.04 Å². The Morgan fingerprint density at radius 1 is 1.03 bits per heavy atom. The van der Waals surface area contributed by atoms with Crippen molar-refractivity contribution in [3.05, 3.63) is 82.1 Å². The molecular formula is C27H30N2O3. The van der Waals surface area contributed by atoms with Crippen LogP contribution >= 0.6 is 0 Å². The molecule has 0 aromatic heterocycles. The van der Waals surface area contributed by atoms with E-state index in [0.29, 0.717) is 5.92 Å². The lowest BCUT2D eigenvalue weighted by atomic mass is 9.82. The maximum Gasteiger partial charge on any atom is 0.290 e. The SMILES string of the molecule is Cc1ccc2c(c1)[C@@H](N1CC(C(=O)NC3CCC(c4ccccc4)CC3)=C(O)C1=O)CC2. The molecule has 166 valence electrons. The van der Waals surface area contributed by atoms with E-state index in [-0.39, 0.29) is 35.9 Å². The maximum atomic E-state index is 13.0. The highest BCUT2D eigenvalue weighted by atomic mass is 16.3. The van der Waals surface area contributed by atoms with E-state index in [0.717, 1.165) is 49.7 Å². The molecule has 0 saturated heterocycles. The molecule has 2 aromatic rings. The van der Waals surface area contributed by atoms with Crippen molar-refractivity contribution in [3.8, 4) is 0 Å². The Balaban J connectivity index is 1.22. The zero-order chi connectivity index (χ0) is 22.2. The first-order valence-corrected chi connectivity index (χ1v) is 11.7. The Morgan fingerprint density at radius 2 is 1.78 bits per heavy atom. The van der Waals surface area contributed by atoms with Gasteiger partial charge in [-0.2, -0.15) is 0 Å². The second-order valence-corrected chi connectivity index (χ2v) is 9.45. The van der Waals surface area contributed by atoms with Gasteiger partial charge in [-0.3, -0.25) is 9.59 Å². The Labute approximate surface area is 189 Å². The summed E-state index contributed by atoms with van der Waals surface area (Å²) in [6, 6.07) is 16.9. The minimum atomic E-state index is -0.428. The van der Waals surface area contributed by atoms with Gasteiger partial charge in [0.1, 0.15) is 0 Å². The van der Waals surface area contributed by atoms with Gasteiger partial charge in [-0.05, 0) is 68.1 Å². The third-order valence-corrected chi connectivity index (χ3v) is 7.41. The second kappa shape index (κ2) is 8.45. The van der Waals surface area contributed by atoms with Gasteiger partial charge in [0.2, 0.25) is 0 Å². The quantitative estimate of drug-likeness (QED) is 0.751. The van der Waals surface area contributed by atoms with Crippen LogP contribution in [0.5, 0.6) is 0 Å². The van der Waals surface area contributed by atoms with Crippen molar-refractivity contribution >= 4 is 11.8 Å². The van der Waals surface area contributed by atoms with E-state index in [9.17, 15) is 14.7 Å². The van der Waals surface area contributed by atoms with E-state index < -0.39 is 5.91 Å². The molecule has 1 atom stereocenters. The number of fused-ring (bicyclic) bond motifs is 1. The van der Waals surface area contributed by atoms with Crippen LogP contribution in [0.3, 0.4) is 0 Å². The molecule has 2 N–H and O–H groups in total. The number of aryl methyl sites for hydroxylation is 2. The first-order valence-electron chi connectivity index (χ1n) is 11.7. The molecule has 1 fully saturated rings. The molecule has 0 spiro atoms. The van der Waals surface area contributed by atoms with E-state index in [2.05, 4.69) is 47.8 Å². The van der Waals surface area contributed by atoms with E-state index in [1.54, 1.807) is 4.90 Å². The summed E-state index contributed by atoms with van der Waals surface area (Å²) in [7, 11) is 0. The van der Waals surface area contributed by atoms with E-state index in [1.807, 2.05) is 13.0 Å². The molecule has 2 aliphatic carbocycles. The topological polar surface area (TPSA) is 69.6 Å². The van der Waals surface area contributed by atoms with E-state index in [4.69, 9.17) is 0 Å². The molecule has 0 radical (unpaired) electrons. The average molecular weight is 431 g/mol. The van der Waals surface area contributed by atoms with Gasteiger partial charge in [0.25, 0.3) is 11.8 Å². The minimum absolute atomic E-state index is 0.0776. The predicted molar refractivity (Wildman–Crippen MR) is 123 cm³/mol. The average Bonchev–Trinajstić information content (AvgIpc) is 3.35. The molecule has 1 heterocycles. The first-order chi connectivity index (χ1) is 15.5. The molecule has 32 heavy (non-hydrogen) atoms. The summed E-state index contributed by atoms with van der Waals surface area (Å²) in [6.45, 7) is 2.22. The molecule has 1 saturated carbocycles. The number of hydrogen-bond donors (Lipinski definition) is 2. The largest absolute Gasteiger partial charge is 0.503 e. The number of amides is 2. The van der Waals surface area contributed by atoms with E-state index in [1.165, 1.54) is 11.1 Å². The number of benzene rings is 2. The van der Waals surface area contributed by atoms with Gasteiger partial charge in [0.05, 0.1) is 18.2 Å². The third-order valence-electron chi connectivity index (χ3n) is 7.41. The first kappa shape index (κ1) is 20.8. The number of rotatable bonds is 4. The Kier molecular flexibility index (Phi) is 5.50. The van der Waals surface area contributed by atoms with Gasteiger partial charge in [-0.1, -0.05) is 54.1 Å². The van der Waals surface area contributed by atoms with Crippen molar-refractivity contribution in [1.29, 1.82) is 0 Å². The number of nitrogens with one attached hydrogen (secondary N) is 1. The molecule has 2 amide bonds. The van der Waals surface area contributed by atoms with Crippen molar-refractivity contribution in [3.63, 3.8) is 0 Å². The number of aliphatic hydroxyl groups excluding tert-OH is 1. The third kappa shape index (κ3) is 3.81. The lowest BCUT2D eigenvalue weighted by molar-refractivity contribution is -0.130. The highest BCUT2D eigenvalue weighted by Crippen LogP contribution is 2.39. The minimum Gasteiger partial charge on any atom is -0.503 e. The Bertz CT molecular complexity index is 1070. The fourth-order valence-corrected chi connectivity index (χ4v) is 5.61. The summed E-state index contributed by atoms with van der Waals surface area (Å²) in [5.41, 5.74) is 5.12. The summed E-state index contributed by atoms with van der Waals surface area (Å²) >= 11 is 0. The number of carbonyl (C=O) groups excluding carboxylic acids is 2. The van der Waals surface area contributed by atoms with Crippen LogP contribution in [-0.2, 0) is 16.0 Å². The van der Waals surface area contributed by atoms with Crippen LogP contribution in [-0.4, -0.2) is 34.4 Å². The van der Waals surface area contributed by atoms with E-state index >= 15 is 0 Å². The molecule has 5 heteroatoms.